The van der Waals surface area contributed by atoms with Crippen LogP contribution in [0.5, 0.6) is 0 Å². The second kappa shape index (κ2) is 10.9. The van der Waals surface area contributed by atoms with Crippen LogP contribution in [0.2, 0.25) is 0 Å². The first-order chi connectivity index (χ1) is 9.97. The molecule has 5 nitrogen and oxygen atoms in total. The zero-order valence-electron chi connectivity index (χ0n) is 14.5. The molecular formula is C15H32IN3O2S. The van der Waals surface area contributed by atoms with Crippen molar-refractivity contribution in [1.29, 1.82) is 0 Å². The molecule has 1 aliphatic rings. The molecular weight excluding hydrogens is 413 g/mol. The standard InChI is InChI=1S/C15H31N3O2S.HI/c1-6-16-13(17-11-14(2,3)21-5)18-12-15(19-4)7-9-20-10-8-15;/h6-12H2,1-5H3,(H2,16,17,18);1H. The number of nitrogens with zero attached hydrogens (tertiary/aromatic N) is 1. The van der Waals surface area contributed by atoms with Crippen molar-refractivity contribution < 1.29 is 9.47 Å². The van der Waals surface area contributed by atoms with E-state index in [2.05, 4.69) is 37.7 Å². The molecule has 1 saturated heterocycles. The second-order valence-corrected chi connectivity index (χ2v) is 7.53. The van der Waals surface area contributed by atoms with Crippen LogP contribution in [-0.2, 0) is 9.47 Å². The Morgan fingerprint density at radius 3 is 2.45 bits per heavy atom. The largest absolute Gasteiger partial charge is 0.381 e. The number of guanidine groups is 1. The quantitative estimate of drug-likeness (QED) is 0.358. The van der Waals surface area contributed by atoms with Gasteiger partial charge in [0.2, 0.25) is 0 Å². The summed E-state index contributed by atoms with van der Waals surface area (Å²) in [4.78, 5) is 4.69. The van der Waals surface area contributed by atoms with Gasteiger partial charge in [-0.1, -0.05) is 0 Å². The molecule has 0 amide bonds. The first-order valence-electron chi connectivity index (χ1n) is 7.67. The number of aliphatic imine (C=N–C) groups is 1. The SMILES string of the molecule is CCNC(=NCC(C)(C)SC)NCC1(OC)CCOCC1.I. The highest BCUT2D eigenvalue weighted by Crippen LogP contribution is 2.23. The molecule has 1 rings (SSSR count). The van der Waals surface area contributed by atoms with Crippen LogP contribution in [0, 0.1) is 0 Å². The number of thioether (sulfide) groups is 1. The van der Waals surface area contributed by atoms with Crippen molar-refractivity contribution in [3.05, 3.63) is 0 Å². The fourth-order valence-electron chi connectivity index (χ4n) is 2.12. The molecule has 7 heteroatoms. The van der Waals surface area contributed by atoms with Gasteiger partial charge < -0.3 is 20.1 Å². The molecule has 1 heterocycles. The molecule has 0 aromatic heterocycles. The van der Waals surface area contributed by atoms with Crippen LogP contribution in [-0.4, -0.2) is 62.5 Å². The summed E-state index contributed by atoms with van der Waals surface area (Å²) in [6.07, 6.45) is 3.97. The Bertz CT molecular complexity index is 335. The molecule has 0 spiro atoms. The molecule has 0 bridgehead atoms. The number of ether oxygens (including phenoxy) is 2. The van der Waals surface area contributed by atoms with Crippen LogP contribution < -0.4 is 10.6 Å². The van der Waals surface area contributed by atoms with E-state index >= 15 is 0 Å². The van der Waals surface area contributed by atoms with Crippen molar-refractivity contribution >= 4 is 41.7 Å². The normalized spacial score (nSPS) is 18.5. The van der Waals surface area contributed by atoms with Gasteiger partial charge in [0, 0.05) is 51.0 Å². The van der Waals surface area contributed by atoms with Gasteiger partial charge in [0.1, 0.15) is 0 Å². The van der Waals surface area contributed by atoms with Crippen LogP contribution in [0.3, 0.4) is 0 Å². The molecule has 0 atom stereocenters. The van der Waals surface area contributed by atoms with Crippen LogP contribution in [0.15, 0.2) is 4.99 Å². The predicted molar refractivity (Wildman–Crippen MR) is 107 cm³/mol. The van der Waals surface area contributed by atoms with Gasteiger partial charge in [0.15, 0.2) is 5.96 Å². The summed E-state index contributed by atoms with van der Waals surface area (Å²) in [5.74, 6) is 0.863. The van der Waals surface area contributed by atoms with E-state index in [1.165, 1.54) is 0 Å². The molecule has 0 saturated carbocycles. The van der Waals surface area contributed by atoms with E-state index < -0.39 is 0 Å². The van der Waals surface area contributed by atoms with Crippen molar-refractivity contribution in [1.82, 2.24) is 10.6 Å². The molecule has 0 aromatic carbocycles. The minimum absolute atomic E-state index is 0. The zero-order chi connectivity index (χ0) is 15.8. The molecule has 0 aromatic rings. The molecule has 2 N–H and O–H groups in total. The van der Waals surface area contributed by atoms with E-state index in [1.54, 1.807) is 7.11 Å². The fraction of sp³-hybridized carbons (Fsp3) is 0.933. The maximum Gasteiger partial charge on any atom is 0.191 e. The van der Waals surface area contributed by atoms with Gasteiger partial charge in [0.05, 0.1) is 12.1 Å². The first kappa shape index (κ1) is 22.3. The van der Waals surface area contributed by atoms with Crippen molar-refractivity contribution in [2.75, 3.05) is 46.2 Å². The van der Waals surface area contributed by atoms with Gasteiger partial charge in [-0.05, 0) is 27.0 Å². The van der Waals surface area contributed by atoms with Gasteiger partial charge in [-0.2, -0.15) is 11.8 Å². The van der Waals surface area contributed by atoms with E-state index in [1.807, 2.05) is 11.8 Å². The molecule has 1 aliphatic heterocycles. The Kier molecular flexibility index (Phi) is 11.1. The summed E-state index contributed by atoms with van der Waals surface area (Å²) in [6.45, 7) is 10.4. The molecule has 132 valence electrons. The van der Waals surface area contributed by atoms with Gasteiger partial charge in [-0.3, -0.25) is 4.99 Å². The number of hydrogen-bond acceptors (Lipinski definition) is 4. The summed E-state index contributed by atoms with van der Waals surface area (Å²) < 4.78 is 11.3. The maximum absolute atomic E-state index is 5.74. The van der Waals surface area contributed by atoms with Gasteiger partial charge >= 0.3 is 0 Å². The Labute approximate surface area is 156 Å². The Hall–Kier alpha value is 0.270. The first-order valence-corrected chi connectivity index (χ1v) is 8.90. The lowest BCUT2D eigenvalue weighted by Gasteiger charge is -2.36. The second-order valence-electron chi connectivity index (χ2n) is 6.01. The monoisotopic (exact) mass is 445 g/mol. The van der Waals surface area contributed by atoms with E-state index in [0.29, 0.717) is 0 Å². The summed E-state index contributed by atoms with van der Waals surface area (Å²) in [5, 5.41) is 6.73. The van der Waals surface area contributed by atoms with Gasteiger partial charge in [-0.25, -0.2) is 0 Å². The third kappa shape index (κ3) is 7.70. The lowest BCUT2D eigenvalue weighted by Crippen LogP contribution is -2.51. The van der Waals surface area contributed by atoms with Crippen LogP contribution in [0.4, 0.5) is 0 Å². The van der Waals surface area contributed by atoms with Gasteiger partial charge in [0.25, 0.3) is 0 Å². The zero-order valence-corrected chi connectivity index (χ0v) is 17.7. The number of hydrogen-bond donors (Lipinski definition) is 2. The van der Waals surface area contributed by atoms with E-state index in [0.717, 1.165) is 51.6 Å². The maximum atomic E-state index is 5.74. The van der Waals surface area contributed by atoms with Crippen molar-refractivity contribution in [3.63, 3.8) is 0 Å². The Morgan fingerprint density at radius 2 is 1.95 bits per heavy atom. The average molecular weight is 445 g/mol. The third-order valence-corrected chi connectivity index (χ3v) is 5.16. The molecule has 1 fully saturated rings. The topological polar surface area (TPSA) is 54.9 Å². The highest BCUT2D eigenvalue weighted by atomic mass is 127. The van der Waals surface area contributed by atoms with E-state index in [9.17, 15) is 0 Å². The van der Waals surface area contributed by atoms with Crippen molar-refractivity contribution in [2.24, 2.45) is 4.99 Å². The summed E-state index contributed by atoms with van der Waals surface area (Å²) in [7, 11) is 1.79. The highest BCUT2D eigenvalue weighted by molar-refractivity contribution is 14.0. The molecule has 0 aliphatic carbocycles. The smallest absolute Gasteiger partial charge is 0.191 e. The molecule has 22 heavy (non-hydrogen) atoms. The van der Waals surface area contributed by atoms with E-state index in [4.69, 9.17) is 14.5 Å². The van der Waals surface area contributed by atoms with E-state index in [-0.39, 0.29) is 34.3 Å². The summed E-state index contributed by atoms with van der Waals surface area (Å²) in [5.41, 5.74) is -0.135. The predicted octanol–water partition coefficient (Wildman–Crippen LogP) is 2.50. The molecule has 0 unspecified atom stereocenters. The van der Waals surface area contributed by atoms with Crippen molar-refractivity contribution in [3.8, 4) is 0 Å². The minimum atomic E-state index is -0.135. The lowest BCUT2D eigenvalue weighted by molar-refractivity contribution is -0.0855. The lowest BCUT2D eigenvalue weighted by atomic mass is 9.94. The number of nitrogens with one attached hydrogen (secondary N) is 2. The minimum Gasteiger partial charge on any atom is -0.381 e. The fourth-order valence-corrected chi connectivity index (χ4v) is 2.31. The number of halogens is 1. The van der Waals surface area contributed by atoms with Crippen LogP contribution in [0.25, 0.3) is 0 Å². The van der Waals surface area contributed by atoms with Crippen LogP contribution >= 0.6 is 35.7 Å². The van der Waals surface area contributed by atoms with Crippen molar-refractivity contribution in [2.45, 2.75) is 44.0 Å². The number of rotatable bonds is 7. The highest BCUT2D eigenvalue weighted by Gasteiger charge is 2.32. The Balaban J connectivity index is 0.00000441. The van der Waals surface area contributed by atoms with Crippen LogP contribution in [0.1, 0.15) is 33.6 Å². The average Bonchev–Trinajstić information content (AvgIpc) is 2.51. The molecule has 0 radical (unpaired) electrons. The summed E-state index contributed by atoms with van der Waals surface area (Å²) >= 11 is 1.83. The van der Waals surface area contributed by atoms with Gasteiger partial charge in [-0.15, -0.1) is 24.0 Å². The third-order valence-electron chi connectivity index (χ3n) is 3.93. The number of methoxy groups -OCH3 is 1. The Morgan fingerprint density at radius 1 is 1.32 bits per heavy atom. The summed E-state index contributed by atoms with van der Waals surface area (Å²) in [6, 6.07) is 0.